The minimum absolute atomic E-state index is 0.215. The summed E-state index contributed by atoms with van der Waals surface area (Å²) in [5, 5.41) is 8.22. The quantitative estimate of drug-likeness (QED) is 0.503. The van der Waals surface area contributed by atoms with Crippen LogP contribution in [-0.4, -0.2) is 27.4 Å². The summed E-state index contributed by atoms with van der Waals surface area (Å²) in [6.45, 7) is 4.07. The first-order valence-electron chi connectivity index (χ1n) is 10.1. The third-order valence-corrected chi connectivity index (χ3v) is 5.51. The number of rotatable bonds is 6. The maximum Gasteiger partial charge on any atom is 0.276 e. The molecule has 0 radical (unpaired) electrons. The Morgan fingerprint density at radius 2 is 1.88 bits per heavy atom. The van der Waals surface area contributed by atoms with E-state index in [1.807, 2.05) is 18.4 Å². The van der Waals surface area contributed by atoms with Gasteiger partial charge in [0.2, 0.25) is 5.91 Å². The topological polar surface area (TPSA) is 78.2 Å². The minimum atomic E-state index is -0.368. The molecule has 0 saturated carbocycles. The number of carbonyl (C=O) groups excluding carboxylic acids is 1. The van der Waals surface area contributed by atoms with Gasteiger partial charge in [0.25, 0.3) is 5.56 Å². The van der Waals surface area contributed by atoms with Gasteiger partial charge in [0, 0.05) is 35.1 Å². The smallest absolute Gasteiger partial charge is 0.276 e. The minimum Gasteiger partial charge on any atom is -0.497 e. The lowest BCUT2D eigenvalue weighted by molar-refractivity contribution is -0.117. The average Bonchev–Trinajstić information content (AvgIpc) is 3.02. The Bertz CT molecular complexity index is 1360. The van der Waals surface area contributed by atoms with Crippen LogP contribution in [0, 0.1) is 19.7 Å². The summed E-state index contributed by atoms with van der Waals surface area (Å²) in [7, 11) is 1.55. The van der Waals surface area contributed by atoms with Gasteiger partial charge in [-0.05, 0) is 43.7 Å². The van der Waals surface area contributed by atoms with Crippen molar-refractivity contribution < 1.29 is 13.9 Å². The molecule has 2 heterocycles. The molecule has 0 aliphatic rings. The van der Waals surface area contributed by atoms with Gasteiger partial charge >= 0.3 is 0 Å². The number of carbonyl (C=O) groups is 1. The van der Waals surface area contributed by atoms with Crippen molar-refractivity contribution in [1.29, 1.82) is 0 Å². The number of hydrogen-bond donors (Lipinski definition) is 1. The summed E-state index contributed by atoms with van der Waals surface area (Å²) in [6, 6.07) is 13.2. The number of anilines is 1. The number of aryl methyl sites for hydroxylation is 2. The van der Waals surface area contributed by atoms with Gasteiger partial charge in [-0.2, -0.15) is 5.10 Å². The van der Waals surface area contributed by atoms with Crippen LogP contribution in [0.2, 0.25) is 0 Å². The van der Waals surface area contributed by atoms with Gasteiger partial charge < -0.3 is 14.6 Å². The van der Waals surface area contributed by atoms with Crippen LogP contribution in [0.25, 0.3) is 10.8 Å². The molecule has 4 aromatic rings. The lowest BCUT2D eigenvalue weighted by Gasteiger charge is -2.09. The van der Waals surface area contributed by atoms with Crippen LogP contribution in [0.5, 0.6) is 5.75 Å². The molecule has 2 aromatic heterocycles. The van der Waals surface area contributed by atoms with E-state index in [1.165, 1.54) is 12.1 Å². The molecule has 0 bridgehead atoms. The number of methoxy groups -OCH3 is 1. The van der Waals surface area contributed by atoms with Gasteiger partial charge in [-0.25, -0.2) is 9.07 Å². The largest absolute Gasteiger partial charge is 0.497 e. The highest BCUT2D eigenvalue weighted by atomic mass is 19.1. The van der Waals surface area contributed by atoms with Crippen molar-refractivity contribution in [3.8, 4) is 5.75 Å². The molecule has 0 atom stereocenters. The van der Waals surface area contributed by atoms with E-state index in [4.69, 9.17) is 4.74 Å². The molecule has 0 aliphatic carbocycles. The van der Waals surface area contributed by atoms with Gasteiger partial charge in [-0.15, -0.1) is 0 Å². The second kappa shape index (κ2) is 8.66. The van der Waals surface area contributed by atoms with E-state index in [0.717, 1.165) is 27.0 Å². The molecule has 0 spiro atoms. The molecule has 4 rings (SSSR count). The Balaban J connectivity index is 1.62. The number of nitrogens with zero attached hydrogens (tertiary/aromatic N) is 3. The fourth-order valence-electron chi connectivity index (χ4n) is 3.80. The molecular formula is C24H23FN4O3. The maximum absolute atomic E-state index is 13.2. The summed E-state index contributed by atoms with van der Waals surface area (Å²) in [5.41, 5.74) is 2.82. The zero-order valence-corrected chi connectivity index (χ0v) is 18.1. The van der Waals surface area contributed by atoms with E-state index in [0.29, 0.717) is 23.4 Å². The van der Waals surface area contributed by atoms with E-state index in [-0.39, 0.29) is 23.8 Å². The van der Waals surface area contributed by atoms with Gasteiger partial charge in [-0.3, -0.25) is 9.59 Å². The Morgan fingerprint density at radius 1 is 1.12 bits per heavy atom. The molecule has 164 valence electrons. The lowest BCUT2D eigenvalue weighted by Crippen LogP contribution is -2.29. The number of ether oxygens (including phenoxy) is 1. The zero-order chi connectivity index (χ0) is 22.8. The first kappa shape index (κ1) is 21.3. The predicted molar refractivity (Wildman–Crippen MR) is 121 cm³/mol. The first-order chi connectivity index (χ1) is 15.4. The Labute approximate surface area is 184 Å². The normalized spacial score (nSPS) is 11.0. The Hall–Kier alpha value is -3.94. The highest BCUT2D eigenvalue weighted by Gasteiger charge is 2.17. The highest BCUT2D eigenvalue weighted by molar-refractivity contribution is 5.91. The summed E-state index contributed by atoms with van der Waals surface area (Å²) in [4.78, 5) is 25.6. The molecule has 32 heavy (non-hydrogen) atoms. The van der Waals surface area contributed by atoms with Crippen LogP contribution in [0.1, 0.15) is 17.0 Å². The molecule has 7 nitrogen and oxygen atoms in total. The molecule has 1 amide bonds. The van der Waals surface area contributed by atoms with Crippen LogP contribution < -0.4 is 15.6 Å². The van der Waals surface area contributed by atoms with Crippen molar-refractivity contribution in [1.82, 2.24) is 14.3 Å². The van der Waals surface area contributed by atoms with E-state index in [1.54, 1.807) is 49.7 Å². The van der Waals surface area contributed by atoms with Crippen molar-refractivity contribution in [3.05, 3.63) is 87.9 Å². The fraction of sp³-hybridized carbons (Fsp3) is 0.208. The summed E-state index contributed by atoms with van der Waals surface area (Å²) < 4.78 is 21.5. The van der Waals surface area contributed by atoms with Crippen molar-refractivity contribution in [3.63, 3.8) is 0 Å². The third-order valence-electron chi connectivity index (χ3n) is 5.51. The summed E-state index contributed by atoms with van der Waals surface area (Å²) in [6.07, 6.45) is 1.61. The SMILES string of the molecule is COc1cccc(NC(=O)Cn2ncc3c(C)n(Cc4ccc(F)cc4)c(C)c3c2=O)c1. The Kier molecular flexibility index (Phi) is 5.77. The summed E-state index contributed by atoms with van der Waals surface area (Å²) >= 11 is 0. The monoisotopic (exact) mass is 434 g/mol. The third kappa shape index (κ3) is 4.12. The standard InChI is InChI=1S/C24H23FN4O3/c1-15-21-12-26-29(14-22(30)27-19-5-4-6-20(11-19)32-3)24(31)23(21)16(2)28(15)13-17-7-9-18(25)10-8-17/h4-12H,13-14H2,1-3H3,(H,27,30). The second-order valence-corrected chi connectivity index (χ2v) is 7.56. The lowest BCUT2D eigenvalue weighted by atomic mass is 10.2. The van der Waals surface area contributed by atoms with Gasteiger partial charge in [0.1, 0.15) is 18.1 Å². The van der Waals surface area contributed by atoms with Crippen molar-refractivity contribution >= 4 is 22.4 Å². The van der Waals surface area contributed by atoms with E-state index in [9.17, 15) is 14.0 Å². The Morgan fingerprint density at radius 3 is 2.59 bits per heavy atom. The van der Waals surface area contributed by atoms with Crippen LogP contribution in [0.15, 0.2) is 59.5 Å². The first-order valence-corrected chi connectivity index (χ1v) is 10.1. The predicted octanol–water partition coefficient (Wildman–Crippen LogP) is 3.65. The molecule has 0 saturated heterocycles. The molecule has 1 N–H and O–H groups in total. The van der Waals surface area contributed by atoms with Gasteiger partial charge in [0.15, 0.2) is 0 Å². The van der Waals surface area contributed by atoms with Crippen molar-refractivity contribution in [2.45, 2.75) is 26.9 Å². The maximum atomic E-state index is 13.2. The van der Waals surface area contributed by atoms with Crippen LogP contribution in [0.4, 0.5) is 10.1 Å². The number of aromatic nitrogens is 3. The molecule has 0 unspecified atom stereocenters. The van der Waals surface area contributed by atoms with Crippen molar-refractivity contribution in [2.75, 3.05) is 12.4 Å². The number of fused-ring (bicyclic) bond motifs is 1. The van der Waals surface area contributed by atoms with Crippen molar-refractivity contribution in [2.24, 2.45) is 0 Å². The van der Waals surface area contributed by atoms with Crippen LogP contribution in [-0.2, 0) is 17.9 Å². The average molecular weight is 434 g/mol. The van der Waals surface area contributed by atoms with Crippen LogP contribution in [0.3, 0.4) is 0 Å². The molecular weight excluding hydrogens is 411 g/mol. The summed E-state index contributed by atoms with van der Waals surface area (Å²) in [5.74, 6) is -0.0420. The molecule has 8 heteroatoms. The zero-order valence-electron chi connectivity index (χ0n) is 18.1. The molecule has 0 fully saturated rings. The molecule has 2 aromatic carbocycles. The number of amides is 1. The van der Waals surface area contributed by atoms with Gasteiger partial charge in [-0.1, -0.05) is 18.2 Å². The number of benzene rings is 2. The highest BCUT2D eigenvalue weighted by Crippen LogP contribution is 2.23. The molecule has 0 aliphatic heterocycles. The fourth-order valence-corrected chi connectivity index (χ4v) is 3.80. The van der Waals surface area contributed by atoms with Gasteiger partial charge in [0.05, 0.1) is 18.7 Å². The van der Waals surface area contributed by atoms with Crippen LogP contribution >= 0.6 is 0 Å². The number of hydrogen-bond acceptors (Lipinski definition) is 4. The van der Waals surface area contributed by atoms with E-state index < -0.39 is 0 Å². The van der Waals surface area contributed by atoms with E-state index in [2.05, 4.69) is 10.4 Å². The number of halogens is 1. The number of nitrogens with one attached hydrogen (secondary N) is 1. The second-order valence-electron chi connectivity index (χ2n) is 7.56. The van der Waals surface area contributed by atoms with E-state index >= 15 is 0 Å².